The minimum atomic E-state index is 0.424. The molecule has 1 rings (SSSR count). The van der Waals surface area contributed by atoms with E-state index < -0.39 is 0 Å². The minimum absolute atomic E-state index is 0.424. The summed E-state index contributed by atoms with van der Waals surface area (Å²) < 4.78 is 0. The summed E-state index contributed by atoms with van der Waals surface area (Å²) in [5.41, 5.74) is 0.826. The van der Waals surface area contributed by atoms with Gasteiger partial charge in [-0.05, 0) is 25.1 Å². The summed E-state index contributed by atoms with van der Waals surface area (Å²) in [7, 11) is 0. The van der Waals surface area contributed by atoms with Crippen molar-refractivity contribution in [2.75, 3.05) is 0 Å². The topological polar surface area (TPSA) is 25.8 Å². The Morgan fingerprint density at radius 1 is 1.40 bits per heavy atom. The molecule has 0 spiro atoms. The van der Waals surface area contributed by atoms with E-state index in [1.165, 1.54) is 0 Å². The molecule has 0 fully saturated rings. The molecule has 0 N–H and O–H groups in total. The molecule has 0 aliphatic carbocycles. The summed E-state index contributed by atoms with van der Waals surface area (Å²) >= 11 is 5.51. The average molecular weight is 155 g/mol. The third-order valence-corrected chi connectivity index (χ3v) is 1.19. The van der Waals surface area contributed by atoms with Crippen molar-refractivity contribution in [1.82, 2.24) is 10.2 Å². The first-order chi connectivity index (χ1) is 4.83. The van der Waals surface area contributed by atoms with E-state index in [9.17, 15) is 0 Å². The highest BCUT2D eigenvalue weighted by Crippen LogP contribution is 2.02. The predicted molar refractivity (Wildman–Crippen MR) is 41.8 cm³/mol. The molecule has 0 saturated heterocycles. The molecule has 0 saturated carbocycles. The van der Waals surface area contributed by atoms with Crippen LogP contribution in [0.4, 0.5) is 0 Å². The van der Waals surface area contributed by atoms with Crippen molar-refractivity contribution in [3.8, 4) is 0 Å². The summed E-state index contributed by atoms with van der Waals surface area (Å²) in [4.78, 5) is 0. The molecule has 3 heteroatoms. The fourth-order valence-electron chi connectivity index (χ4n) is 0.586. The summed E-state index contributed by atoms with van der Waals surface area (Å²) in [6.45, 7) is 1.93. The van der Waals surface area contributed by atoms with E-state index >= 15 is 0 Å². The van der Waals surface area contributed by atoms with Crippen LogP contribution in [0.15, 0.2) is 18.2 Å². The third kappa shape index (κ3) is 1.81. The lowest BCUT2D eigenvalue weighted by Crippen LogP contribution is -1.83. The number of aromatic nitrogens is 2. The van der Waals surface area contributed by atoms with Gasteiger partial charge in [-0.3, -0.25) is 0 Å². The molecule has 0 aliphatic heterocycles. The molecule has 0 unspecified atom stereocenters. The van der Waals surface area contributed by atoms with Crippen molar-refractivity contribution < 1.29 is 0 Å². The van der Waals surface area contributed by atoms with Crippen LogP contribution in [0.1, 0.15) is 12.6 Å². The number of rotatable bonds is 1. The lowest BCUT2D eigenvalue weighted by Gasteiger charge is -1.88. The standard InChI is InChI=1S/C7H7ClN2/c1-2-3-6-4-5-7(8)10-9-6/h2-5H,1H3/b3-2+. The van der Waals surface area contributed by atoms with Crippen LogP contribution in [0.3, 0.4) is 0 Å². The second kappa shape index (κ2) is 3.32. The highest BCUT2D eigenvalue weighted by Gasteiger charge is 1.88. The molecule has 0 radical (unpaired) electrons. The summed E-state index contributed by atoms with van der Waals surface area (Å²) in [6, 6.07) is 3.53. The van der Waals surface area contributed by atoms with Crippen LogP contribution >= 0.6 is 11.6 Å². The highest BCUT2D eigenvalue weighted by molar-refractivity contribution is 6.29. The number of hydrogen-bond acceptors (Lipinski definition) is 2. The van der Waals surface area contributed by atoms with Gasteiger partial charge in [-0.1, -0.05) is 17.7 Å². The molecule has 0 amide bonds. The molecule has 1 aromatic heterocycles. The van der Waals surface area contributed by atoms with Crippen molar-refractivity contribution >= 4 is 17.7 Å². The molecule has 2 nitrogen and oxygen atoms in total. The Bertz CT molecular complexity index is 228. The van der Waals surface area contributed by atoms with Crippen molar-refractivity contribution in [2.24, 2.45) is 0 Å². The summed E-state index contributed by atoms with van der Waals surface area (Å²) in [6.07, 6.45) is 3.77. The lowest BCUT2D eigenvalue weighted by atomic mass is 10.3. The molecular formula is C7H7ClN2. The molecule has 0 atom stereocenters. The number of allylic oxidation sites excluding steroid dienone is 1. The second-order valence-corrected chi connectivity index (χ2v) is 2.17. The molecular weight excluding hydrogens is 148 g/mol. The lowest BCUT2D eigenvalue weighted by molar-refractivity contribution is 1.02. The molecule has 0 aromatic carbocycles. The fourth-order valence-corrected chi connectivity index (χ4v) is 0.687. The van der Waals surface area contributed by atoms with E-state index in [2.05, 4.69) is 10.2 Å². The number of halogens is 1. The normalized spacial score (nSPS) is 10.6. The zero-order valence-electron chi connectivity index (χ0n) is 5.58. The largest absolute Gasteiger partial charge is 0.151 e. The number of hydrogen-bond donors (Lipinski definition) is 0. The van der Waals surface area contributed by atoms with E-state index in [4.69, 9.17) is 11.6 Å². The number of nitrogens with zero attached hydrogens (tertiary/aromatic N) is 2. The summed E-state index contributed by atoms with van der Waals surface area (Å²) in [5.74, 6) is 0. The first-order valence-corrected chi connectivity index (χ1v) is 3.32. The molecule has 52 valence electrons. The van der Waals surface area contributed by atoms with Gasteiger partial charge in [0.1, 0.15) is 0 Å². The van der Waals surface area contributed by atoms with Gasteiger partial charge < -0.3 is 0 Å². The first-order valence-electron chi connectivity index (χ1n) is 2.95. The first kappa shape index (κ1) is 7.22. The van der Waals surface area contributed by atoms with E-state index in [-0.39, 0.29) is 0 Å². The van der Waals surface area contributed by atoms with Crippen LogP contribution in [-0.2, 0) is 0 Å². The maximum atomic E-state index is 5.51. The van der Waals surface area contributed by atoms with Crippen LogP contribution in [0.5, 0.6) is 0 Å². The summed E-state index contributed by atoms with van der Waals surface area (Å²) in [5, 5.41) is 7.89. The quantitative estimate of drug-likeness (QED) is 0.620. The van der Waals surface area contributed by atoms with Crippen LogP contribution in [0, 0.1) is 0 Å². The second-order valence-electron chi connectivity index (χ2n) is 1.78. The monoisotopic (exact) mass is 154 g/mol. The Morgan fingerprint density at radius 3 is 2.70 bits per heavy atom. The van der Waals surface area contributed by atoms with Crippen molar-refractivity contribution in [1.29, 1.82) is 0 Å². The van der Waals surface area contributed by atoms with Gasteiger partial charge in [0.15, 0.2) is 5.15 Å². The van der Waals surface area contributed by atoms with Gasteiger partial charge >= 0.3 is 0 Å². The van der Waals surface area contributed by atoms with E-state index in [0.29, 0.717) is 5.15 Å². The fraction of sp³-hybridized carbons (Fsp3) is 0.143. The molecule has 1 aromatic rings. The Balaban J connectivity index is 2.89. The van der Waals surface area contributed by atoms with Crippen molar-refractivity contribution in [2.45, 2.75) is 6.92 Å². The van der Waals surface area contributed by atoms with Gasteiger partial charge in [-0.25, -0.2) is 0 Å². The third-order valence-electron chi connectivity index (χ3n) is 0.990. The predicted octanol–water partition coefficient (Wildman–Crippen LogP) is 2.16. The Morgan fingerprint density at radius 2 is 2.20 bits per heavy atom. The molecule has 10 heavy (non-hydrogen) atoms. The van der Waals surface area contributed by atoms with Crippen LogP contribution in [-0.4, -0.2) is 10.2 Å². The zero-order chi connectivity index (χ0) is 7.40. The minimum Gasteiger partial charge on any atom is -0.150 e. The Hall–Kier alpha value is -0.890. The van der Waals surface area contributed by atoms with Gasteiger partial charge in [-0.15, -0.1) is 10.2 Å². The van der Waals surface area contributed by atoms with Crippen LogP contribution < -0.4 is 0 Å². The van der Waals surface area contributed by atoms with Gasteiger partial charge in [-0.2, -0.15) is 0 Å². The van der Waals surface area contributed by atoms with Crippen molar-refractivity contribution in [3.63, 3.8) is 0 Å². The zero-order valence-corrected chi connectivity index (χ0v) is 6.34. The van der Waals surface area contributed by atoms with E-state index in [1.54, 1.807) is 6.07 Å². The smallest absolute Gasteiger partial charge is 0.150 e. The molecule has 1 heterocycles. The van der Waals surface area contributed by atoms with E-state index in [1.807, 2.05) is 25.1 Å². The maximum absolute atomic E-state index is 5.51. The Kier molecular flexibility index (Phi) is 2.40. The average Bonchev–Trinajstić information content (AvgIpc) is 1.95. The Labute approximate surface area is 64.5 Å². The maximum Gasteiger partial charge on any atom is 0.151 e. The highest BCUT2D eigenvalue weighted by atomic mass is 35.5. The van der Waals surface area contributed by atoms with Crippen LogP contribution in [0.2, 0.25) is 5.15 Å². The SMILES string of the molecule is C/C=C/c1ccc(Cl)nn1. The molecule has 0 bridgehead atoms. The van der Waals surface area contributed by atoms with Gasteiger partial charge in [0, 0.05) is 0 Å². The van der Waals surface area contributed by atoms with Gasteiger partial charge in [0.25, 0.3) is 0 Å². The van der Waals surface area contributed by atoms with E-state index in [0.717, 1.165) is 5.69 Å². The van der Waals surface area contributed by atoms with Crippen LogP contribution in [0.25, 0.3) is 6.08 Å². The van der Waals surface area contributed by atoms with Gasteiger partial charge in [0.05, 0.1) is 5.69 Å². The van der Waals surface area contributed by atoms with Crippen molar-refractivity contribution in [3.05, 3.63) is 29.1 Å². The van der Waals surface area contributed by atoms with Gasteiger partial charge in [0.2, 0.25) is 0 Å². The molecule has 0 aliphatic rings.